The van der Waals surface area contributed by atoms with Crippen molar-refractivity contribution in [3.05, 3.63) is 89.8 Å². The van der Waals surface area contributed by atoms with Crippen LogP contribution < -0.4 is 0 Å². The highest BCUT2D eigenvalue weighted by Crippen LogP contribution is 2.35. The molecule has 4 aromatic rings. The second-order valence-electron chi connectivity index (χ2n) is 8.16. The first-order valence-corrected chi connectivity index (χ1v) is 10.4. The van der Waals surface area contributed by atoms with Gasteiger partial charge in [-0.3, -0.25) is 9.97 Å². The SMILES string of the molecule is C1=C(c2ccn3ncc(-c4cccnc4)c3c2)c2ccc(CC3CCC3)nc2C1.[HH]. The molecule has 0 unspecified atom stereocenters. The van der Waals surface area contributed by atoms with Gasteiger partial charge in [0.05, 0.1) is 17.4 Å². The van der Waals surface area contributed by atoms with Gasteiger partial charge >= 0.3 is 0 Å². The van der Waals surface area contributed by atoms with Gasteiger partial charge in [0.1, 0.15) is 0 Å². The zero-order chi connectivity index (χ0) is 19.2. The molecule has 2 aliphatic carbocycles. The summed E-state index contributed by atoms with van der Waals surface area (Å²) in [5, 5.41) is 4.52. The Hall–Kier alpha value is -3.27. The summed E-state index contributed by atoms with van der Waals surface area (Å²) in [6.45, 7) is 0. The van der Waals surface area contributed by atoms with E-state index in [0.29, 0.717) is 0 Å². The molecule has 0 amide bonds. The van der Waals surface area contributed by atoms with Gasteiger partial charge in [-0.15, -0.1) is 0 Å². The molecular weight excluding hydrogens is 356 g/mol. The molecule has 6 rings (SSSR count). The van der Waals surface area contributed by atoms with Crippen LogP contribution in [0.15, 0.2) is 67.3 Å². The number of allylic oxidation sites excluding steroid dienone is 1. The topological polar surface area (TPSA) is 43.1 Å². The van der Waals surface area contributed by atoms with E-state index in [9.17, 15) is 0 Å². The summed E-state index contributed by atoms with van der Waals surface area (Å²) in [6, 6.07) is 12.9. The summed E-state index contributed by atoms with van der Waals surface area (Å²) in [5.74, 6) is 0.851. The fraction of sp³-hybridized carbons (Fsp3) is 0.240. The lowest BCUT2D eigenvalue weighted by Crippen LogP contribution is -2.14. The Labute approximate surface area is 171 Å². The van der Waals surface area contributed by atoms with Crippen molar-refractivity contribution in [2.75, 3.05) is 0 Å². The number of hydrogen-bond acceptors (Lipinski definition) is 3. The van der Waals surface area contributed by atoms with Gasteiger partial charge in [0, 0.05) is 48.8 Å². The van der Waals surface area contributed by atoms with Crippen molar-refractivity contribution in [3.63, 3.8) is 0 Å². The molecule has 2 aliphatic rings. The van der Waals surface area contributed by atoms with Crippen LogP contribution in [0.4, 0.5) is 0 Å². The van der Waals surface area contributed by atoms with E-state index in [-0.39, 0.29) is 1.43 Å². The maximum absolute atomic E-state index is 4.99. The van der Waals surface area contributed by atoms with Gasteiger partial charge in [0.25, 0.3) is 0 Å². The van der Waals surface area contributed by atoms with Crippen molar-refractivity contribution in [1.82, 2.24) is 19.6 Å². The van der Waals surface area contributed by atoms with Gasteiger partial charge < -0.3 is 0 Å². The van der Waals surface area contributed by atoms with E-state index < -0.39 is 0 Å². The molecule has 0 radical (unpaired) electrons. The summed E-state index contributed by atoms with van der Waals surface area (Å²) in [7, 11) is 0. The average Bonchev–Trinajstić information content (AvgIpc) is 3.34. The Bertz CT molecular complexity index is 1240. The molecule has 4 heteroatoms. The minimum Gasteiger partial charge on any atom is -0.264 e. The van der Waals surface area contributed by atoms with Gasteiger partial charge in [0.15, 0.2) is 0 Å². The first-order chi connectivity index (χ1) is 14.3. The van der Waals surface area contributed by atoms with E-state index in [4.69, 9.17) is 4.98 Å². The van der Waals surface area contributed by atoms with Gasteiger partial charge in [0.2, 0.25) is 0 Å². The van der Waals surface area contributed by atoms with Crippen LogP contribution in [0.25, 0.3) is 22.2 Å². The second kappa shape index (κ2) is 6.66. The zero-order valence-electron chi connectivity index (χ0n) is 16.3. The molecule has 4 heterocycles. The molecule has 0 saturated heterocycles. The highest BCUT2D eigenvalue weighted by atomic mass is 15.2. The van der Waals surface area contributed by atoms with Crippen LogP contribution in [0, 0.1) is 5.92 Å². The molecule has 1 saturated carbocycles. The standard InChI is InChI=1S/C25H22N4.H2/c1-3-17(4-1)13-20-6-7-22-21(8-9-24(22)28-20)18-10-12-29-25(14-18)23(16-27-29)19-5-2-11-26-15-19;/h2,5-8,10-12,14-17H,1,3-4,9,13H2;1H. The van der Waals surface area contributed by atoms with Crippen molar-refractivity contribution in [2.45, 2.75) is 32.1 Å². The lowest BCUT2D eigenvalue weighted by Gasteiger charge is -2.25. The Balaban J connectivity index is 0.00000193. The summed E-state index contributed by atoms with van der Waals surface area (Å²) >= 11 is 0. The number of aromatic nitrogens is 4. The summed E-state index contributed by atoms with van der Waals surface area (Å²) in [4.78, 5) is 9.25. The smallest absolute Gasteiger partial charge is 0.0746 e. The third-order valence-corrected chi connectivity index (χ3v) is 6.35. The Morgan fingerprint density at radius 3 is 2.83 bits per heavy atom. The first-order valence-electron chi connectivity index (χ1n) is 10.4. The maximum atomic E-state index is 4.99. The summed E-state index contributed by atoms with van der Waals surface area (Å²) < 4.78 is 1.93. The normalized spacial score (nSPS) is 15.9. The number of pyridine rings is 3. The van der Waals surface area contributed by atoms with E-state index in [2.05, 4.69) is 46.5 Å². The van der Waals surface area contributed by atoms with Crippen molar-refractivity contribution >= 4 is 11.1 Å². The molecule has 0 bridgehead atoms. The predicted molar refractivity (Wildman–Crippen MR) is 117 cm³/mol. The molecule has 0 aliphatic heterocycles. The number of hydrogen-bond donors (Lipinski definition) is 0. The van der Waals surface area contributed by atoms with Gasteiger partial charge in [-0.1, -0.05) is 37.5 Å². The largest absolute Gasteiger partial charge is 0.264 e. The summed E-state index contributed by atoms with van der Waals surface area (Å²) in [5.41, 5.74) is 9.54. The van der Waals surface area contributed by atoms with Crippen LogP contribution >= 0.6 is 0 Å². The van der Waals surface area contributed by atoms with Crippen LogP contribution in [-0.2, 0) is 12.8 Å². The molecule has 0 atom stereocenters. The molecule has 0 aromatic carbocycles. The molecule has 4 aromatic heterocycles. The number of fused-ring (bicyclic) bond motifs is 2. The lowest BCUT2D eigenvalue weighted by molar-refractivity contribution is 0.312. The van der Waals surface area contributed by atoms with Crippen molar-refractivity contribution in [3.8, 4) is 11.1 Å². The Kier molecular flexibility index (Phi) is 3.83. The van der Waals surface area contributed by atoms with Crippen molar-refractivity contribution < 1.29 is 1.43 Å². The van der Waals surface area contributed by atoms with Gasteiger partial charge in [-0.2, -0.15) is 5.10 Å². The van der Waals surface area contributed by atoms with Crippen molar-refractivity contribution in [2.24, 2.45) is 5.92 Å². The van der Waals surface area contributed by atoms with Gasteiger partial charge in [-0.05, 0) is 47.7 Å². The van der Waals surface area contributed by atoms with E-state index in [0.717, 1.165) is 35.4 Å². The maximum Gasteiger partial charge on any atom is 0.0746 e. The Morgan fingerprint density at radius 1 is 1.03 bits per heavy atom. The molecule has 0 N–H and O–H groups in total. The second-order valence-corrected chi connectivity index (χ2v) is 8.16. The molecule has 29 heavy (non-hydrogen) atoms. The van der Waals surface area contributed by atoms with Crippen LogP contribution in [0.5, 0.6) is 0 Å². The monoisotopic (exact) mass is 380 g/mol. The molecular formula is C25H24N4. The van der Waals surface area contributed by atoms with Crippen LogP contribution in [0.2, 0.25) is 0 Å². The predicted octanol–water partition coefficient (Wildman–Crippen LogP) is 5.37. The van der Waals surface area contributed by atoms with E-state index in [1.165, 1.54) is 47.4 Å². The third-order valence-electron chi connectivity index (χ3n) is 6.35. The van der Waals surface area contributed by atoms with Crippen LogP contribution in [-0.4, -0.2) is 19.6 Å². The fourth-order valence-electron chi connectivity index (χ4n) is 4.53. The molecule has 144 valence electrons. The average molecular weight is 380 g/mol. The number of nitrogens with zero attached hydrogens (tertiary/aromatic N) is 4. The summed E-state index contributed by atoms with van der Waals surface area (Å²) in [6.07, 6.45) is 16.1. The molecule has 4 nitrogen and oxygen atoms in total. The van der Waals surface area contributed by atoms with Crippen molar-refractivity contribution in [1.29, 1.82) is 0 Å². The minimum absolute atomic E-state index is 0. The minimum atomic E-state index is 0. The lowest BCUT2D eigenvalue weighted by atomic mass is 9.82. The fourth-order valence-corrected chi connectivity index (χ4v) is 4.53. The first kappa shape index (κ1) is 16.7. The van der Waals surface area contributed by atoms with Gasteiger partial charge in [-0.25, -0.2) is 4.52 Å². The van der Waals surface area contributed by atoms with E-state index in [1.807, 2.05) is 29.2 Å². The van der Waals surface area contributed by atoms with Crippen LogP contribution in [0.3, 0.4) is 0 Å². The van der Waals surface area contributed by atoms with E-state index >= 15 is 0 Å². The molecule has 1 fully saturated rings. The zero-order valence-corrected chi connectivity index (χ0v) is 16.3. The number of rotatable bonds is 4. The Morgan fingerprint density at radius 2 is 2.00 bits per heavy atom. The highest BCUT2D eigenvalue weighted by molar-refractivity contribution is 5.88. The quantitative estimate of drug-likeness (QED) is 0.478. The highest BCUT2D eigenvalue weighted by Gasteiger charge is 2.21. The molecule has 0 spiro atoms. The van der Waals surface area contributed by atoms with E-state index in [1.54, 1.807) is 6.20 Å². The van der Waals surface area contributed by atoms with Crippen LogP contribution in [0.1, 0.15) is 43.2 Å². The third kappa shape index (κ3) is 2.87.